The highest BCUT2D eigenvalue weighted by Crippen LogP contribution is 2.24. The molecule has 0 aliphatic carbocycles. The molecule has 116 valence electrons. The van der Waals surface area contributed by atoms with Crippen LogP contribution < -0.4 is 5.73 Å². The van der Waals surface area contributed by atoms with Crippen LogP contribution in [0.4, 0.5) is 0 Å². The lowest BCUT2D eigenvalue weighted by Crippen LogP contribution is -2.38. The van der Waals surface area contributed by atoms with Crippen molar-refractivity contribution in [3.8, 4) is 10.8 Å². The van der Waals surface area contributed by atoms with Crippen molar-refractivity contribution in [2.24, 2.45) is 11.1 Å². The molecule has 0 saturated carbocycles. The fourth-order valence-electron chi connectivity index (χ4n) is 2.32. The number of thiophene rings is 1. The van der Waals surface area contributed by atoms with E-state index in [1.54, 1.807) is 17.6 Å². The Bertz CT molecular complexity index is 533. The maximum atomic E-state index is 5.85. The molecule has 0 saturated heterocycles. The second-order valence-corrected chi connectivity index (χ2v) is 7.15. The molecule has 0 aromatic carbocycles. The number of rotatable bonds is 8. The minimum absolute atomic E-state index is 0.121. The van der Waals surface area contributed by atoms with E-state index in [0.717, 1.165) is 42.5 Å². The molecule has 2 aromatic heterocycles. The third kappa shape index (κ3) is 4.66. The number of hydrogen-bond acceptors (Lipinski definition) is 5. The van der Waals surface area contributed by atoms with Gasteiger partial charge >= 0.3 is 0 Å². The molecule has 0 radical (unpaired) electrons. The van der Waals surface area contributed by atoms with E-state index in [9.17, 15) is 0 Å². The normalized spacial score (nSPS) is 12.2. The van der Waals surface area contributed by atoms with Gasteiger partial charge in [-0.25, -0.2) is 4.98 Å². The van der Waals surface area contributed by atoms with Gasteiger partial charge in [0.2, 0.25) is 5.89 Å². The van der Waals surface area contributed by atoms with Crippen molar-refractivity contribution in [1.82, 2.24) is 9.88 Å². The van der Waals surface area contributed by atoms with Crippen LogP contribution in [-0.4, -0.2) is 29.5 Å². The van der Waals surface area contributed by atoms with E-state index in [2.05, 4.69) is 30.7 Å². The SMILES string of the molecule is CCCN(Cc1coc(-c2cccs2)n1)CC(C)(C)CN. The monoisotopic (exact) mass is 307 g/mol. The Balaban J connectivity index is 2.03. The minimum Gasteiger partial charge on any atom is -0.444 e. The van der Waals surface area contributed by atoms with Crippen LogP contribution in [0.3, 0.4) is 0 Å². The van der Waals surface area contributed by atoms with Crippen LogP contribution in [0.15, 0.2) is 28.2 Å². The standard InChI is InChI=1S/C16H25N3OS/c1-4-7-19(12-16(2,3)11-17)9-13-10-20-15(18-13)14-6-5-8-21-14/h5-6,8,10H,4,7,9,11-12,17H2,1-3H3. The topological polar surface area (TPSA) is 55.3 Å². The average Bonchev–Trinajstić information content (AvgIpc) is 3.08. The average molecular weight is 307 g/mol. The van der Waals surface area contributed by atoms with Gasteiger partial charge in [0.05, 0.1) is 10.6 Å². The molecule has 2 rings (SSSR count). The lowest BCUT2D eigenvalue weighted by atomic mass is 9.93. The quantitative estimate of drug-likeness (QED) is 0.809. The summed E-state index contributed by atoms with van der Waals surface area (Å²) in [5, 5.41) is 2.03. The molecule has 0 bridgehead atoms. The zero-order valence-electron chi connectivity index (χ0n) is 13.1. The zero-order valence-corrected chi connectivity index (χ0v) is 13.9. The lowest BCUT2D eigenvalue weighted by molar-refractivity contribution is 0.174. The van der Waals surface area contributed by atoms with Gasteiger partial charge in [0.25, 0.3) is 0 Å². The number of aromatic nitrogens is 1. The molecule has 2 N–H and O–H groups in total. The van der Waals surface area contributed by atoms with E-state index in [-0.39, 0.29) is 5.41 Å². The number of hydrogen-bond donors (Lipinski definition) is 1. The summed E-state index contributed by atoms with van der Waals surface area (Å²) in [5.41, 5.74) is 6.96. The van der Waals surface area contributed by atoms with E-state index in [1.165, 1.54) is 0 Å². The highest BCUT2D eigenvalue weighted by atomic mass is 32.1. The van der Waals surface area contributed by atoms with Crippen molar-refractivity contribution in [1.29, 1.82) is 0 Å². The fourth-order valence-corrected chi connectivity index (χ4v) is 2.98. The third-order valence-electron chi connectivity index (χ3n) is 3.41. The van der Waals surface area contributed by atoms with E-state index in [1.807, 2.05) is 17.5 Å². The van der Waals surface area contributed by atoms with Gasteiger partial charge in [0.15, 0.2) is 0 Å². The molecule has 0 aliphatic rings. The summed E-state index contributed by atoms with van der Waals surface area (Å²) in [6, 6.07) is 4.04. The van der Waals surface area contributed by atoms with E-state index in [0.29, 0.717) is 6.54 Å². The largest absolute Gasteiger partial charge is 0.444 e. The summed E-state index contributed by atoms with van der Waals surface area (Å²) in [5.74, 6) is 0.717. The highest BCUT2D eigenvalue weighted by molar-refractivity contribution is 7.13. The summed E-state index contributed by atoms with van der Waals surface area (Å²) in [6.07, 6.45) is 2.89. The van der Waals surface area contributed by atoms with Gasteiger partial charge in [-0.1, -0.05) is 26.8 Å². The van der Waals surface area contributed by atoms with E-state index in [4.69, 9.17) is 10.2 Å². The van der Waals surface area contributed by atoms with Crippen molar-refractivity contribution >= 4 is 11.3 Å². The van der Waals surface area contributed by atoms with Crippen molar-refractivity contribution in [3.05, 3.63) is 29.5 Å². The van der Waals surface area contributed by atoms with Crippen LogP contribution in [0, 0.1) is 5.41 Å². The van der Waals surface area contributed by atoms with Crippen LogP contribution in [0.5, 0.6) is 0 Å². The van der Waals surface area contributed by atoms with Crippen molar-refractivity contribution < 1.29 is 4.42 Å². The van der Waals surface area contributed by atoms with Crippen LogP contribution in [0.2, 0.25) is 0 Å². The zero-order chi connectivity index (χ0) is 15.3. The molecule has 0 amide bonds. The smallest absolute Gasteiger partial charge is 0.236 e. The molecule has 5 heteroatoms. The first kappa shape index (κ1) is 16.2. The number of nitrogens with zero attached hydrogens (tertiary/aromatic N) is 2. The van der Waals surface area contributed by atoms with Crippen LogP contribution in [0.1, 0.15) is 32.9 Å². The number of oxazole rings is 1. The molecular weight excluding hydrogens is 282 g/mol. The predicted molar refractivity (Wildman–Crippen MR) is 88.2 cm³/mol. The van der Waals surface area contributed by atoms with Gasteiger partial charge in [0.1, 0.15) is 6.26 Å². The summed E-state index contributed by atoms with van der Waals surface area (Å²) >= 11 is 1.65. The second-order valence-electron chi connectivity index (χ2n) is 6.20. The Morgan fingerprint density at radius 1 is 1.43 bits per heavy atom. The van der Waals surface area contributed by atoms with Gasteiger partial charge in [0, 0.05) is 13.1 Å². The molecule has 21 heavy (non-hydrogen) atoms. The maximum Gasteiger partial charge on any atom is 0.236 e. The molecule has 2 heterocycles. The van der Waals surface area contributed by atoms with Gasteiger partial charge < -0.3 is 10.2 Å². The van der Waals surface area contributed by atoms with Gasteiger partial charge in [-0.15, -0.1) is 11.3 Å². The van der Waals surface area contributed by atoms with Crippen molar-refractivity contribution in [2.45, 2.75) is 33.7 Å². The van der Waals surface area contributed by atoms with E-state index >= 15 is 0 Å². The van der Waals surface area contributed by atoms with Crippen molar-refractivity contribution in [2.75, 3.05) is 19.6 Å². The molecule has 2 aromatic rings. The molecule has 4 nitrogen and oxygen atoms in total. The Kier molecular flexibility index (Phi) is 5.56. The first-order valence-corrected chi connectivity index (χ1v) is 8.33. The first-order chi connectivity index (χ1) is 10.0. The van der Waals surface area contributed by atoms with Gasteiger partial charge in [-0.05, 0) is 36.4 Å². The minimum atomic E-state index is 0.121. The second kappa shape index (κ2) is 7.20. The Hall–Kier alpha value is -1.17. The third-order valence-corrected chi connectivity index (χ3v) is 4.27. The van der Waals surface area contributed by atoms with Crippen LogP contribution in [-0.2, 0) is 6.54 Å². The molecular formula is C16H25N3OS. The Labute approximate surface area is 131 Å². The van der Waals surface area contributed by atoms with Gasteiger partial charge in [-0.3, -0.25) is 4.90 Å². The number of nitrogens with two attached hydrogens (primary N) is 1. The first-order valence-electron chi connectivity index (χ1n) is 7.45. The summed E-state index contributed by atoms with van der Waals surface area (Å²) in [6.45, 7) is 10.1. The lowest BCUT2D eigenvalue weighted by Gasteiger charge is -2.31. The van der Waals surface area contributed by atoms with Crippen LogP contribution in [0.25, 0.3) is 10.8 Å². The van der Waals surface area contributed by atoms with E-state index < -0.39 is 0 Å². The molecule has 0 aliphatic heterocycles. The molecule has 0 spiro atoms. The van der Waals surface area contributed by atoms with Gasteiger partial charge in [-0.2, -0.15) is 0 Å². The fraction of sp³-hybridized carbons (Fsp3) is 0.562. The Morgan fingerprint density at radius 3 is 2.86 bits per heavy atom. The Morgan fingerprint density at radius 2 is 2.24 bits per heavy atom. The molecule has 0 atom stereocenters. The van der Waals surface area contributed by atoms with Crippen molar-refractivity contribution in [3.63, 3.8) is 0 Å². The summed E-state index contributed by atoms with van der Waals surface area (Å²) < 4.78 is 5.59. The maximum absolute atomic E-state index is 5.85. The summed E-state index contributed by atoms with van der Waals surface area (Å²) in [7, 11) is 0. The highest BCUT2D eigenvalue weighted by Gasteiger charge is 2.21. The predicted octanol–water partition coefficient (Wildman–Crippen LogP) is 3.60. The van der Waals surface area contributed by atoms with Crippen LogP contribution >= 0.6 is 11.3 Å². The molecule has 0 unspecified atom stereocenters. The summed E-state index contributed by atoms with van der Waals surface area (Å²) in [4.78, 5) is 8.08. The molecule has 0 fully saturated rings.